The van der Waals surface area contributed by atoms with E-state index in [1.165, 1.54) is 6.07 Å². The smallest absolute Gasteiger partial charge is 0.363 e. The zero-order valence-corrected chi connectivity index (χ0v) is 9.60. The molecule has 2 heterocycles. The molecule has 0 atom stereocenters. The van der Waals surface area contributed by atoms with Crippen molar-refractivity contribution in [1.29, 1.82) is 0 Å². The van der Waals surface area contributed by atoms with Crippen LogP contribution in [0.5, 0.6) is 0 Å². The van der Waals surface area contributed by atoms with E-state index in [2.05, 4.69) is 22.2 Å². The van der Waals surface area contributed by atoms with Crippen LogP contribution < -0.4 is 5.73 Å². The Morgan fingerprint density at radius 2 is 2.12 bits per heavy atom. The number of hydrogen-bond acceptors (Lipinski definition) is 6. The Morgan fingerprint density at radius 3 is 2.88 bits per heavy atom. The van der Waals surface area contributed by atoms with E-state index >= 15 is 0 Å². The topological polar surface area (TPSA) is 78.1 Å². The first-order valence-electron chi connectivity index (χ1n) is 4.41. The van der Waals surface area contributed by atoms with E-state index in [0.29, 0.717) is 5.39 Å². The van der Waals surface area contributed by atoms with Gasteiger partial charge in [-0.15, -0.1) is 0 Å². The third-order valence-corrected chi connectivity index (χ3v) is 2.57. The third kappa shape index (κ3) is 1.47. The molecule has 0 aliphatic carbocycles. The molecular weight excluding hydrogens is 269 g/mol. The number of benzene rings is 1. The van der Waals surface area contributed by atoms with Gasteiger partial charge in [0.2, 0.25) is 10.9 Å². The lowest BCUT2D eigenvalue weighted by atomic mass is 10.2. The highest BCUT2D eigenvalue weighted by molar-refractivity contribution is 7.71. The SMILES string of the molecule is Nc1nc(Cl)nc2c(F)c3oc(=S)oc3cc12. The summed E-state index contributed by atoms with van der Waals surface area (Å²) >= 11 is 10.3. The van der Waals surface area contributed by atoms with Gasteiger partial charge in [-0.2, -0.15) is 0 Å². The predicted molar refractivity (Wildman–Crippen MR) is 61.8 cm³/mol. The highest BCUT2D eigenvalue weighted by atomic mass is 35.5. The summed E-state index contributed by atoms with van der Waals surface area (Å²) in [5.41, 5.74) is 5.63. The summed E-state index contributed by atoms with van der Waals surface area (Å²) in [4.78, 5) is 7.31. The molecule has 0 bridgehead atoms. The molecule has 0 aliphatic heterocycles. The molecular formula is C9H3ClFN3O2S. The Balaban J connectivity index is 2.63. The molecule has 17 heavy (non-hydrogen) atoms. The predicted octanol–water partition coefficient (Wildman–Crippen LogP) is 3.07. The molecule has 0 fully saturated rings. The van der Waals surface area contributed by atoms with Gasteiger partial charge in [0.15, 0.2) is 11.4 Å². The zero-order chi connectivity index (χ0) is 12.2. The minimum absolute atomic E-state index is 0.0328. The average molecular weight is 272 g/mol. The van der Waals surface area contributed by atoms with E-state index in [4.69, 9.17) is 26.2 Å². The van der Waals surface area contributed by atoms with Crippen molar-refractivity contribution < 1.29 is 13.2 Å². The van der Waals surface area contributed by atoms with Gasteiger partial charge in [-0.3, -0.25) is 0 Å². The Hall–Kier alpha value is -1.73. The Bertz CT molecular complexity index is 813. The third-order valence-electron chi connectivity index (χ3n) is 2.23. The first-order valence-corrected chi connectivity index (χ1v) is 5.20. The summed E-state index contributed by atoms with van der Waals surface area (Å²) < 4.78 is 24.0. The van der Waals surface area contributed by atoms with E-state index in [1.807, 2.05) is 0 Å². The molecule has 3 rings (SSSR count). The Kier molecular flexibility index (Phi) is 2.07. The summed E-state index contributed by atoms with van der Waals surface area (Å²) in [5, 5.41) is 0.147. The lowest BCUT2D eigenvalue weighted by Gasteiger charge is -2.01. The highest BCUT2D eigenvalue weighted by Crippen LogP contribution is 2.30. The van der Waals surface area contributed by atoms with Crippen LogP contribution in [0.2, 0.25) is 5.28 Å². The second-order valence-electron chi connectivity index (χ2n) is 3.25. The van der Waals surface area contributed by atoms with Crippen LogP contribution in [0.3, 0.4) is 0 Å². The Morgan fingerprint density at radius 1 is 1.35 bits per heavy atom. The molecule has 2 N–H and O–H groups in total. The van der Waals surface area contributed by atoms with Crippen molar-refractivity contribution in [1.82, 2.24) is 9.97 Å². The minimum Gasteiger partial charge on any atom is -0.413 e. The molecule has 3 aromatic rings. The molecule has 0 amide bonds. The van der Waals surface area contributed by atoms with E-state index in [0.717, 1.165) is 0 Å². The van der Waals surface area contributed by atoms with Gasteiger partial charge in [-0.25, -0.2) is 14.4 Å². The molecule has 86 valence electrons. The van der Waals surface area contributed by atoms with Gasteiger partial charge in [0, 0.05) is 17.6 Å². The molecule has 0 radical (unpaired) electrons. The van der Waals surface area contributed by atoms with Crippen LogP contribution >= 0.6 is 23.8 Å². The van der Waals surface area contributed by atoms with Crippen LogP contribution in [0, 0.1) is 10.7 Å². The van der Waals surface area contributed by atoms with Crippen LogP contribution in [0.4, 0.5) is 10.2 Å². The van der Waals surface area contributed by atoms with E-state index in [1.54, 1.807) is 0 Å². The molecule has 0 spiro atoms. The van der Waals surface area contributed by atoms with Crippen molar-refractivity contribution in [3.63, 3.8) is 0 Å². The van der Waals surface area contributed by atoms with E-state index in [-0.39, 0.29) is 32.7 Å². The van der Waals surface area contributed by atoms with Crippen LogP contribution in [-0.2, 0) is 0 Å². The monoisotopic (exact) mass is 271 g/mol. The summed E-state index contributed by atoms with van der Waals surface area (Å²) in [7, 11) is 0. The summed E-state index contributed by atoms with van der Waals surface area (Å²) in [6.07, 6.45) is 0. The summed E-state index contributed by atoms with van der Waals surface area (Å²) in [5.74, 6) is -0.670. The maximum absolute atomic E-state index is 14.0. The minimum atomic E-state index is -0.728. The molecule has 8 heteroatoms. The van der Waals surface area contributed by atoms with Crippen LogP contribution in [0.15, 0.2) is 14.9 Å². The van der Waals surface area contributed by atoms with Crippen LogP contribution in [0.25, 0.3) is 22.1 Å². The molecule has 0 saturated heterocycles. The maximum Gasteiger partial charge on any atom is 0.363 e. The standard InChI is InChI=1S/C9H3ClFN3O2S/c10-8-13-5-2(7(12)14-8)1-3-6(4(5)11)16-9(17)15-3/h1H,(H2,12,13,14). The van der Waals surface area contributed by atoms with Crippen molar-refractivity contribution in [2.45, 2.75) is 0 Å². The van der Waals surface area contributed by atoms with Gasteiger partial charge < -0.3 is 14.6 Å². The number of halogens is 2. The number of nitrogens with two attached hydrogens (primary N) is 1. The quantitative estimate of drug-likeness (QED) is 0.500. The Labute approximate surface area is 103 Å². The second kappa shape index (κ2) is 3.38. The van der Waals surface area contributed by atoms with Crippen molar-refractivity contribution >= 4 is 51.7 Å². The number of hydrogen-bond donors (Lipinski definition) is 1. The molecule has 0 aliphatic rings. The molecule has 1 aromatic carbocycles. The first kappa shape index (κ1) is 10.4. The van der Waals surface area contributed by atoms with Gasteiger partial charge in [0.1, 0.15) is 11.3 Å². The van der Waals surface area contributed by atoms with Crippen LogP contribution in [-0.4, -0.2) is 9.97 Å². The number of aromatic nitrogens is 2. The van der Waals surface area contributed by atoms with Crippen LogP contribution in [0.1, 0.15) is 0 Å². The maximum atomic E-state index is 14.0. The fourth-order valence-corrected chi connectivity index (χ4v) is 1.89. The molecule has 0 unspecified atom stereocenters. The van der Waals surface area contributed by atoms with E-state index in [9.17, 15) is 4.39 Å². The summed E-state index contributed by atoms with van der Waals surface area (Å²) in [6.45, 7) is 0. The van der Waals surface area contributed by atoms with Gasteiger partial charge in [0.25, 0.3) is 0 Å². The fraction of sp³-hybridized carbons (Fsp3) is 0. The van der Waals surface area contributed by atoms with Gasteiger partial charge in [-0.1, -0.05) is 0 Å². The van der Waals surface area contributed by atoms with Gasteiger partial charge in [-0.05, 0) is 17.7 Å². The molecule has 5 nitrogen and oxygen atoms in total. The van der Waals surface area contributed by atoms with Gasteiger partial charge in [0.05, 0.1) is 0 Å². The lowest BCUT2D eigenvalue weighted by molar-refractivity contribution is 0.438. The largest absolute Gasteiger partial charge is 0.413 e. The molecule has 2 aromatic heterocycles. The van der Waals surface area contributed by atoms with Crippen molar-refractivity contribution in [3.05, 3.63) is 22.1 Å². The first-order chi connectivity index (χ1) is 8.06. The highest BCUT2D eigenvalue weighted by Gasteiger charge is 2.17. The normalized spacial score (nSPS) is 11.4. The van der Waals surface area contributed by atoms with Crippen molar-refractivity contribution in [3.8, 4) is 0 Å². The van der Waals surface area contributed by atoms with Gasteiger partial charge >= 0.3 is 4.90 Å². The fourth-order valence-electron chi connectivity index (χ4n) is 1.55. The zero-order valence-electron chi connectivity index (χ0n) is 8.03. The van der Waals surface area contributed by atoms with E-state index < -0.39 is 5.82 Å². The second-order valence-corrected chi connectivity index (χ2v) is 3.92. The lowest BCUT2D eigenvalue weighted by Crippen LogP contribution is -1.96. The molecule has 0 saturated carbocycles. The number of nitrogen functional groups attached to an aromatic ring is 1. The van der Waals surface area contributed by atoms with Crippen molar-refractivity contribution in [2.75, 3.05) is 5.73 Å². The van der Waals surface area contributed by atoms with Crippen molar-refractivity contribution in [2.24, 2.45) is 0 Å². The number of nitrogens with zero attached hydrogens (tertiary/aromatic N) is 2. The average Bonchev–Trinajstić information content (AvgIpc) is 2.62. The summed E-state index contributed by atoms with van der Waals surface area (Å²) in [6, 6.07) is 1.46. The number of fused-ring (bicyclic) bond motifs is 2. The number of anilines is 1. The number of rotatable bonds is 0.